The number of esters is 1. The van der Waals surface area contributed by atoms with Crippen LogP contribution in [-0.2, 0) is 23.8 Å². The molecule has 1 heterocycles. The summed E-state index contributed by atoms with van der Waals surface area (Å²) in [5.74, 6) is -1.24. The monoisotopic (exact) mass is 1060 g/mol. The molecule has 0 spiro atoms. The maximum Gasteiger partial charge on any atom is 0.306 e. The van der Waals surface area contributed by atoms with Crippen molar-refractivity contribution in [2.24, 2.45) is 0 Å². The van der Waals surface area contributed by atoms with Crippen LogP contribution < -0.4 is 5.32 Å². The number of nitrogens with one attached hydrogen (secondary N) is 1. The lowest BCUT2D eigenvalue weighted by Gasteiger charge is -2.41. The number of ether oxygens (including phenoxy) is 3. The second-order valence-electron chi connectivity index (χ2n) is 20.3. The zero-order chi connectivity index (χ0) is 55.4. The molecule has 434 valence electrons. The number of carbonyl (C=O) groups is 2. The Kier molecular flexibility index (Phi) is 48.2. The van der Waals surface area contributed by atoms with Gasteiger partial charge in [0.05, 0.1) is 25.4 Å². The minimum Gasteiger partial charge on any atom is -0.454 e. The largest absolute Gasteiger partial charge is 0.454 e. The van der Waals surface area contributed by atoms with Gasteiger partial charge in [0.1, 0.15) is 24.4 Å². The Bertz CT molecular complexity index is 1650. The number of amides is 1. The average Bonchev–Trinajstić information content (AvgIpc) is 3.42. The molecule has 0 bridgehead atoms. The molecule has 11 nitrogen and oxygen atoms in total. The van der Waals surface area contributed by atoms with E-state index in [0.29, 0.717) is 12.8 Å². The number of unbranched alkanes of at least 4 members (excludes halogenated alkanes) is 19. The van der Waals surface area contributed by atoms with E-state index < -0.39 is 67.4 Å². The molecule has 0 saturated carbocycles. The molecule has 1 aliphatic rings. The summed E-state index contributed by atoms with van der Waals surface area (Å²) in [5, 5.41) is 56.8. The zero-order valence-corrected chi connectivity index (χ0v) is 47.8. The van der Waals surface area contributed by atoms with Gasteiger partial charge in [-0.25, -0.2) is 0 Å². The van der Waals surface area contributed by atoms with E-state index in [1.54, 1.807) is 6.08 Å². The van der Waals surface area contributed by atoms with Crippen LogP contribution in [-0.4, -0.2) is 99.6 Å². The smallest absolute Gasteiger partial charge is 0.306 e. The quantitative estimate of drug-likeness (QED) is 0.0195. The van der Waals surface area contributed by atoms with Crippen LogP contribution in [0.2, 0.25) is 0 Å². The molecule has 1 saturated heterocycles. The van der Waals surface area contributed by atoms with Gasteiger partial charge in [0.25, 0.3) is 0 Å². The van der Waals surface area contributed by atoms with E-state index in [1.165, 1.54) is 38.5 Å². The molecule has 1 amide bonds. The van der Waals surface area contributed by atoms with E-state index in [9.17, 15) is 35.1 Å². The highest BCUT2D eigenvalue weighted by Crippen LogP contribution is 2.26. The third kappa shape index (κ3) is 39.6. The van der Waals surface area contributed by atoms with Gasteiger partial charge >= 0.3 is 5.97 Å². The van der Waals surface area contributed by atoms with Crippen LogP contribution in [0.15, 0.2) is 109 Å². The van der Waals surface area contributed by atoms with Crippen molar-refractivity contribution in [1.82, 2.24) is 5.32 Å². The molecule has 0 aliphatic carbocycles. The molecule has 1 rings (SSSR count). The molecule has 0 aromatic heterocycles. The molecular weight excluding hydrogens is 955 g/mol. The fraction of sp³-hybridized carbons (Fsp3) is 0.692. The predicted octanol–water partition coefficient (Wildman–Crippen LogP) is 14.1. The third-order valence-electron chi connectivity index (χ3n) is 13.4. The molecule has 11 heteroatoms. The molecule has 76 heavy (non-hydrogen) atoms. The first kappa shape index (κ1) is 70.3. The van der Waals surface area contributed by atoms with Crippen LogP contribution in [0.25, 0.3) is 0 Å². The Balaban J connectivity index is 2.68. The maximum absolute atomic E-state index is 13.4. The minimum atomic E-state index is -1.63. The summed E-state index contributed by atoms with van der Waals surface area (Å²) >= 11 is 0. The highest BCUT2D eigenvalue weighted by molar-refractivity contribution is 5.80. The summed E-state index contributed by atoms with van der Waals surface area (Å²) in [6.07, 6.45) is 59.9. The first-order valence-corrected chi connectivity index (χ1v) is 30.2. The Labute approximate surface area is 462 Å². The van der Waals surface area contributed by atoms with Crippen molar-refractivity contribution < 1.29 is 49.3 Å². The normalized spacial score (nSPS) is 19.9. The topological polar surface area (TPSA) is 175 Å². The second kappa shape index (κ2) is 52.0. The van der Waals surface area contributed by atoms with E-state index in [2.05, 4.69) is 123 Å². The molecule has 6 N–H and O–H groups in total. The van der Waals surface area contributed by atoms with Crippen molar-refractivity contribution in [2.45, 2.75) is 275 Å². The summed E-state index contributed by atoms with van der Waals surface area (Å²) in [6, 6.07) is -1.04. The van der Waals surface area contributed by atoms with Crippen molar-refractivity contribution in [1.29, 1.82) is 0 Å². The van der Waals surface area contributed by atoms with Gasteiger partial charge in [-0.3, -0.25) is 9.59 Å². The van der Waals surface area contributed by atoms with Gasteiger partial charge in [-0.2, -0.15) is 0 Å². The summed E-state index contributed by atoms with van der Waals surface area (Å²) in [4.78, 5) is 26.5. The van der Waals surface area contributed by atoms with Crippen LogP contribution in [0.5, 0.6) is 0 Å². The van der Waals surface area contributed by atoms with Gasteiger partial charge in [-0.05, 0) is 103 Å². The maximum atomic E-state index is 13.4. The lowest BCUT2D eigenvalue weighted by molar-refractivity contribution is -0.305. The third-order valence-corrected chi connectivity index (χ3v) is 13.4. The van der Waals surface area contributed by atoms with Crippen molar-refractivity contribution in [2.75, 3.05) is 13.2 Å². The first-order valence-electron chi connectivity index (χ1n) is 30.2. The molecule has 1 fully saturated rings. The number of aliphatic hydroxyl groups excluding tert-OH is 5. The van der Waals surface area contributed by atoms with Gasteiger partial charge in [-0.15, -0.1) is 0 Å². The van der Waals surface area contributed by atoms with Crippen LogP contribution >= 0.6 is 0 Å². The predicted molar refractivity (Wildman–Crippen MR) is 315 cm³/mol. The minimum absolute atomic E-state index is 0.0867. The highest BCUT2D eigenvalue weighted by Gasteiger charge is 2.47. The molecule has 0 aromatic rings. The van der Waals surface area contributed by atoms with Crippen LogP contribution in [0.4, 0.5) is 0 Å². The van der Waals surface area contributed by atoms with Gasteiger partial charge in [0.15, 0.2) is 12.4 Å². The van der Waals surface area contributed by atoms with Gasteiger partial charge in [-0.1, -0.05) is 226 Å². The van der Waals surface area contributed by atoms with Gasteiger partial charge in [0.2, 0.25) is 5.91 Å². The van der Waals surface area contributed by atoms with Crippen LogP contribution in [0, 0.1) is 0 Å². The lowest BCUT2D eigenvalue weighted by Crippen LogP contribution is -2.61. The van der Waals surface area contributed by atoms with Crippen molar-refractivity contribution >= 4 is 11.9 Å². The zero-order valence-electron chi connectivity index (χ0n) is 47.8. The Hall–Kier alpha value is -3.68. The fourth-order valence-corrected chi connectivity index (χ4v) is 8.69. The van der Waals surface area contributed by atoms with Gasteiger partial charge in [0, 0.05) is 6.42 Å². The average molecular weight is 1060 g/mol. The van der Waals surface area contributed by atoms with Crippen molar-refractivity contribution in [3.05, 3.63) is 109 Å². The Morgan fingerprint density at radius 3 is 1.42 bits per heavy atom. The first-order chi connectivity index (χ1) is 37.2. The number of aliphatic hydroxyl groups is 5. The molecule has 0 aromatic carbocycles. The van der Waals surface area contributed by atoms with E-state index >= 15 is 0 Å². The molecular formula is C65H109NO10. The summed E-state index contributed by atoms with van der Waals surface area (Å²) in [6.45, 7) is 5.52. The number of carbonyl (C=O) groups excluding carboxylic acids is 2. The van der Waals surface area contributed by atoms with E-state index in [0.717, 1.165) is 141 Å². The van der Waals surface area contributed by atoms with Gasteiger partial charge < -0.3 is 45.1 Å². The SMILES string of the molecule is CC/C=C\C/C=C\C/C=C\C/C=C\C/C=C\C/C=C\CCCCCCC(=O)OC1C(OCC(NC(=O)C(O)CCCCCCCC/C=C/C/C=C/CC)C(O)/C=C/CCCCCCCCCCC)OC(CO)C(O)C1O. The van der Waals surface area contributed by atoms with E-state index in [-0.39, 0.29) is 19.4 Å². The van der Waals surface area contributed by atoms with Crippen molar-refractivity contribution in [3.63, 3.8) is 0 Å². The fourth-order valence-electron chi connectivity index (χ4n) is 8.69. The molecule has 8 unspecified atom stereocenters. The number of allylic oxidation sites excluding steroid dienone is 17. The van der Waals surface area contributed by atoms with E-state index in [1.807, 2.05) is 6.08 Å². The molecule has 1 aliphatic heterocycles. The Morgan fingerprint density at radius 2 is 0.947 bits per heavy atom. The number of hydrogen-bond acceptors (Lipinski definition) is 10. The van der Waals surface area contributed by atoms with Crippen LogP contribution in [0.1, 0.15) is 226 Å². The van der Waals surface area contributed by atoms with Crippen LogP contribution in [0.3, 0.4) is 0 Å². The second-order valence-corrected chi connectivity index (χ2v) is 20.3. The standard InChI is InChI=1S/C65H109NO10/c1-4-7-10-13-16-19-22-24-25-26-27-28-29-30-31-32-33-35-38-41-44-47-50-53-60(70)76-63-62(72)61(71)59(54-67)75-65(63)74-55-56(57(68)51-48-45-42-39-36-21-18-15-12-9-6-3)66-64(73)58(69)52-49-46-43-40-37-34-23-20-17-14-11-8-5-2/h7-8,10-11,16-17,19-20,24-25,27-28,30-31,33,35,48,51,56-59,61-63,65,67-69,71-72H,4-6,9,12-15,18,21-23,26,29,32,34,36-47,49-50,52-55H2,1-3H3,(H,66,73)/b10-7-,11-8+,19-16-,20-17+,25-24-,28-27-,31-30-,35-33-,51-48+. The summed E-state index contributed by atoms with van der Waals surface area (Å²) < 4.78 is 17.6. The number of rotatable bonds is 49. The number of hydrogen-bond donors (Lipinski definition) is 6. The lowest BCUT2D eigenvalue weighted by atomic mass is 9.99. The highest BCUT2D eigenvalue weighted by atomic mass is 16.7. The summed E-state index contributed by atoms with van der Waals surface area (Å²) in [7, 11) is 0. The summed E-state index contributed by atoms with van der Waals surface area (Å²) in [5.41, 5.74) is 0. The molecule has 8 atom stereocenters. The van der Waals surface area contributed by atoms with Crippen molar-refractivity contribution in [3.8, 4) is 0 Å². The van der Waals surface area contributed by atoms with E-state index in [4.69, 9.17) is 14.2 Å². The molecule has 0 radical (unpaired) electrons. The Morgan fingerprint density at radius 1 is 0.526 bits per heavy atom.